The molecule has 0 saturated carbocycles. The number of carbonyl (C=O) groups excluding carboxylic acids is 8. The highest BCUT2D eigenvalue weighted by atomic mass is 16.6. The Hall–Kier alpha value is -4.44. The van der Waals surface area contributed by atoms with Crippen molar-refractivity contribution in [1.82, 2.24) is 37.2 Å². The van der Waals surface area contributed by atoms with Gasteiger partial charge in [-0.25, -0.2) is 4.79 Å². The molecular weight excluding hydrogens is 799 g/mol. The number of carbonyl (C=O) groups is 8. The zero-order valence-corrected chi connectivity index (χ0v) is 40.7. The van der Waals surface area contributed by atoms with Gasteiger partial charge in [0, 0.05) is 80.3 Å². The second kappa shape index (κ2) is 27.6. The van der Waals surface area contributed by atoms with Gasteiger partial charge in [0.15, 0.2) is 0 Å². The van der Waals surface area contributed by atoms with Crippen LogP contribution in [0.15, 0.2) is 0 Å². The molecule has 17 nitrogen and oxygen atoms in total. The predicted octanol–water partition coefficient (Wildman–Crippen LogP) is 4.55. The smallest absolute Gasteiger partial charge is 0.407 e. The van der Waals surface area contributed by atoms with Crippen molar-refractivity contribution in [3.8, 4) is 0 Å². The van der Waals surface area contributed by atoms with Crippen LogP contribution in [-0.4, -0.2) is 102 Å². The molecule has 358 valence electrons. The summed E-state index contributed by atoms with van der Waals surface area (Å²) in [5, 5.41) is 20.1. The van der Waals surface area contributed by atoms with Gasteiger partial charge in [0.05, 0.1) is 13.5 Å². The minimum absolute atomic E-state index is 0.00270. The monoisotopic (exact) mass is 882 g/mol. The van der Waals surface area contributed by atoms with Crippen LogP contribution >= 0.6 is 0 Å². The van der Waals surface area contributed by atoms with Crippen LogP contribution < -0.4 is 37.2 Å². The van der Waals surface area contributed by atoms with Gasteiger partial charge >= 0.3 is 12.1 Å². The first-order chi connectivity index (χ1) is 28.4. The molecule has 0 saturated heterocycles. The Morgan fingerprint density at radius 3 is 1.26 bits per heavy atom. The second-order valence-corrected chi connectivity index (χ2v) is 20.0. The van der Waals surface area contributed by atoms with Crippen LogP contribution in [0.2, 0.25) is 0 Å². The van der Waals surface area contributed by atoms with Gasteiger partial charge in [-0.15, -0.1) is 0 Å². The zero-order chi connectivity index (χ0) is 48.1. The first kappa shape index (κ1) is 57.6. The Balaban J connectivity index is 5.23. The van der Waals surface area contributed by atoms with Crippen molar-refractivity contribution in [3.63, 3.8) is 0 Å². The lowest BCUT2D eigenvalue weighted by Crippen LogP contribution is -2.51. The number of methoxy groups -OCH3 is 1. The first-order valence-electron chi connectivity index (χ1n) is 22.2. The molecule has 0 fully saturated rings. The summed E-state index contributed by atoms with van der Waals surface area (Å²) in [5.74, 6) is -2.21. The fourth-order valence-electron chi connectivity index (χ4n) is 6.83. The zero-order valence-electron chi connectivity index (χ0n) is 40.7. The number of hydrogen-bond donors (Lipinski definition) is 7. The van der Waals surface area contributed by atoms with Crippen LogP contribution in [0, 0.1) is 23.7 Å². The molecule has 0 heterocycles. The van der Waals surface area contributed by atoms with E-state index in [1.165, 1.54) is 7.11 Å². The van der Waals surface area contributed by atoms with Crippen LogP contribution in [0.25, 0.3) is 0 Å². The summed E-state index contributed by atoms with van der Waals surface area (Å²) >= 11 is 0. The standard InChI is InChI=1S/C45H83N7O10/c1-26(2)17-32(48-36(53)19-30(9)47-39(56)24-35(29(7)8)51-43(60)62-44(11,12)13)21-40(57)52-45(14,15)25-41(58)50-34(28(5)6)23-38(55)46-31(10)20-37(54)49-33(18-27(3)4)22-42(59)61-16/h26-35H,17-25H2,1-16H3,(H,46,55)(H,47,56)(H,48,53)(H,49,54)(H,50,58)(H,51,60)(H,52,57)/t30-,31-,32-,33-,34-,35-/m0/s1. The Bertz CT molecular complexity index is 1470. The summed E-state index contributed by atoms with van der Waals surface area (Å²) in [5.41, 5.74) is -1.65. The van der Waals surface area contributed by atoms with Gasteiger partial charge in [-0.3, -0.25) is 33.6 Å². The van der Waals surface area contributed by atoms with E-state index in [1.54, 1.807) is 48.5 Å². The molecule has 0 spiro atoms. The average molecular weight is 882 g/mol. The van der Waals surface area contributed by atoms with E-state index in [0.29, 0.717) is 12.8 Å². The summed E-state index contributed by atoms with van der Waals surface area (Å²) in [4.78, 5) is 102. The number of esters is 1. The summed E-state index contributed by atoms with van der Waals surface area (Å²) in [6.45, 7) is 27.6. The molecule has 7 N–H and O–H groups in total. The second-order valence-electron chi connectivity index (χ2n) is 20.0. The quantitative estimate of drug-likeness (QED) is 0.0569. The molecule has 0 aromatic rings. The van der Waals surface area contributed by atoms with Crippen molar-refractivity contribution in [2.24, 2.45) is 23.7 Å². The van der Waals surface area contributed by atoms with E-state index in [9.17, 15) is 38.4 Å². The number of nitrogens with one attached hydrogen (secondary N) is 7. The molecule has 0 unspecified atom stereocenters. The SMILES string of the molecule is COC(=O)C[C@H](CC(C)C)NC(=O)C[C@H](C)NC(=O)C[C@H](NC(=O)CC(C)(C)NC(=O)C[C@H](CC(C)C)NC(=O)C[C@H](C)NC(=O)C[C@H](NC(=O)OC(C)(C)C)C(C)C)C(C)C. The Kier molecular flexibility index (Phi) is 25.6. The largest absolute Gasteiger partial charge is 0.469 e. The van der Waals surface area contributed by atoms with E-state index in [0.717, 1.165) is 0 Å². The highest BCUT2D eigenvalue weighted by Crippen LogP contribution is 2.16. The number of amides is 7. The summed E-state index contributed by atoms with van der Waals surface area (Å²) in [6.07, 6.45) is 0.400. The summed E-state index contributed by atoms with van der Waals surface area (Å²) in [6, 6.07) is -2.91. The van der Waals surface area contributed by atoms with Crippen molar-refractivity contribution in [1.29, 1.82) is 0 Å². The fraction of sp³-hybridized carbons (Fsp3) is 0.822. The van der Waals surface area contributed by atoms with Crippen LogP contribution in [0.4, 0.5) is 4.79 Å². The molecule has 62 heavy (non-hydrogen) atoms. The van der Waals surface area contributed by atoms with Crippen LogP contribution in [0.5, 0.6) is 0 Å². The van der Waals surface area contributed by atoms with Crippen LogP contribution in [0.1, 0.15) is 162 Å². The molecule has 6 atom stereocenters. The summed E-state index contributed by atoms with van der Waals surface area (Å²) in [7, 11) is 1.30. The third-order valence-electron chi connectivity index (χ3n) is 9.66. The third-order valence-corrected chi connectivity index (χ3v) is 9.66. The molecule has 0 aliphatic carbocycles. The average Bonchev–Trinajstić information content (AvgIpc) is 3.04. The number of hydrogen-bond acceptors (Lipinski definition) is 10. The molecule has 0 rings (SSSR count). The van der Waals surface area contributed by atoms with E-state index in [-0.39, 0.29) is 110 Å². The van der Waals surface area contributed by atoms with E-state index < -0.39 is 53.4 Å². The van der Waals surface area contributed by atoms with Gasteiger partial charge in [0.25, 0.3) is 0 Å². The highest BCUT2D eigenvalue weighted by molar-refractivity contribution is 5.84. The van der Waals surface area contributed by atoms with Crippen molar-refractivity contribution in [3.05, 3.63) is 0 Å². The maximum absolute atomic E-state index is 13.3. The van der Waals surface area contributed by atoms with Gasteiger partial charge in [0.2, 0.25) is 35.4 Å². The normalized spacial score (nSPS) is 14.8. The molecule has 0 aliphatic heterocycles. The van der Waals surface area contributed by atoms with Gasteiger partial charge in [0.1, 0.15) is 5.60 Å². The number of ether oxygens (including phenoxy) is 2. The van der Waals surface area contributed by atoms with Crippen LogP contribution in [0.3, 0.4) is 0 Å². The molecule has 0 aromatic heterocycles. The fourth-order valence-corrected chi connectivity index (χ4v) is 6.83. The maximum atomic E-state index is 13.3. The number of rotatable bonds is 27. The van der Waals surface area contributed by atoms with Gasteiger partial charge in [-0.1, -0.05) is 55.4 Å². The molecular formula is C45H83N7O10. The van der Waals surface area contributed by atoms with E-state index in [1.807, 2.05) is 55.4 Å². The molecule has 0 aromatic carbocycles. The summed E-state index contributed by atoms with van der Waals surface area (Å²) < 4.78 is 10.1. The Morgan fingerprint density at radius 2 is 0.871 bits per heavy atom. The van der Waals surface area contributed by atoms with Crippen molar-refractivity contribution < 1.29 is 47.8 Å². The minimum Gasteiger partial charge on any atom is -0.469 e. The maximum Gasteiger partial charge on any atom is 0.407 e. The van der Waals surface area contributed by atoms with Gasteiger partial charge < -0.3 is 46.7 Å². The van der Waals surface area contributed by atoms with Crippen molar-refractivity contribution in [2.75, 3.05) is 7.11 Å². The van der Waals surface area contributed by atoms with Crippen molar-refractivity contribution >= 4 is 47.5 Å². The van der Waals surface area contributed by atoms with Gasteiger partial charge in [-0.2, -0.15) is 0 Å². The molecule has 7 amide bonds. The van der Waals surface area contributed by atoms with Crippen LogP contribution in [-0.2, 0) is 43.0 Å². The molecule has 17 heteroatoms. The van der Waals surface area contributed by atoms with Gasteiger partial charge in [-0.05, 0) is 85.0 Å². The first-order valence-corrected chi connectivity index (χ1v) is 22.2. The third kappa shape index (κ3) is 28.2. The number of alkyl carbamates (subject to hydrolysis) is 1. The Labute approximate surface area is 371 Å². The van der Waals surface area contributed by atoms with E-state index in [4.69, 9.17) is 9.47 Å². The van der Waals surface area contributed by atoms with E-state index in [2.05, 4.69) is 37.2 Å². The molecule has 0 bridgehead atoms. The molecule has 0 radical (unpaired) electrons. The minimum atomic E-state index is -0.967. The topological polar surface area (TPSA) is 239 Å². The highest BCUT2D eigenvalue weighted by Gasteiger charge is 2.30. The lowest BCUT2D eigenvalue weighted by molar-refractivity contribution is -0.141. The lowest BCUT2D eigenvalue weighted by Gasteiger charge is -2.29. The predicted molar refractivity (Wildman–Crippen MR) is 239 cm³/mol. The lowest BCUT2D eigenvalue weighted by atomic mass is 9.95. The molecule has 0 aliphatic rings. The van der Waals surface area contributed by atoms with Crippen molar-refractivity contribution in [2.45, 2.75) is 209 Å². The van der Waals surface area contributed by atoms with E-state index >= 15 is 0 Å². The Morgan fingerprint density at radius 1 is 0.468 bits per heavy atom.